The molecule has 17 heavy (non-hydrogen) atoms. The van der Waals surface area contributed by atoms with Crippen LogP contribution in [0, 0.1) is 0 Å². The lowest BCUT2D eigenvalue weighted by Gasteiger charge is -2.02. The lowest BCUT2D eigenvalue weighted by atomic mass is 10.3. The molecule has 0 amide bonds. The third-order valence-electron chi connectivity index (χ3n) is 2.05. The lowest BCUT2D eigenvalue weighted by Crippen LogP contribution is -1.85. The summed E-state index contributed by atoms with van der Waals surface area (Å²) in [7, 11) is 0. The highest BCUT2D eigenvalue weighted by Crippen LogP contribution is 2.32. The zero-order valence-corrected chi connectivity index (χ0v) is 11.6. The average molecular weight is 325 g/mol. The van der Waals surface area contributed by atoms with Crippen molar-refractivity contribution in [2.24, 2.45) is 0 Å². The van der Waals surface area contributed by atoms with Gasteiger partial charge in [0.25, 0.3) is 0 Å². The molecule has 0 bridgehead atoms. The molecule has 0 atom stereocenters. The summed E-state index contributed by atoms with van der Waals surface area (Å²) in [6.45, 7) is 0. The van der Waals surface area contributed by atoms with Crippen LogP contribution in [-0.4, -0.2) is 19.3 Å². The number of hydrogen-bond donors (Lipinski definition) is 0. The molecule has 3 rings (SSSR count). The number of fused-ring (bicyclic) bond motifs is 1. The fourth-order valence-corrected chi connectivity index (χ4v) is 3.18. The minimum Gasteiger partial charge on any atom is -0.254 e. The van der Waals surface area contributed by atoms with Crippen molar-refractivity contribution in [1.29, 1.82) is 0 Å². The minimum absolute atomic E-state index is 0.869. The van der Waals surface area contributed by atoms with E-state index in [1.54, 1.807) is 30.5 Å². The predicted molar refractivity (Wildman–Crippen MR) is 71.3 cm³/mol. The van der Waals surface area contributed by atoms with Crippen LogP contribution in [0.2, 0.25) is 0 Å². The maximum atomic E-state index is 4.39. The third-order valence-corrected chi connectivity index (χ3v) is 4.24. The average Bonchev–Trinajstić information content (AvgIpc) is 2.82. The van der Waals surface area contributed by atoms with Crippen molar-refractivity contribution in [3.8, 4) is 0 Å². The lowest BCUT2D eigenvalue weighted by molar-refractivity contribution is 1.21. The largest absolute Gasteiger partial charge is 0.254 e. The molecule has 0 fully saturated rings. The molecule has 0 unspecified atom stereocenters. The quantitative estimate of drug-likeness (QED) is 0.723. The summed E-state index contributed by atoms with van der Waals surface area (Å²) in [4.78, 5) is 13.9. The summed E-state index contributed by atoms with van der Waals surface area (Å²) in [5.41, 5.74) is 1.75. The molecule has 4 nitrogen and oxygen atoms in total. The molecule has 0 radical (unpaired) electrons. The highest BCUT2D eigenvalue weighted by Gasteiger charge is 2.07. The fourth-order valence-electron chi connectivity index (χ4n) is 1.37. The molecule has 0 aromatic carbocycles. The predicted octanol–water partition coefficient (Wildman–Crippen LogP) is 3.40. The topological polar surface area (TPSA) is 51.6 Å². The summed E-state index contributed by atoms with van der Waals surface area (Å²) >= 11 is 6.32. The SMILES string of the molecule is Brc1cnc2c(Sc3ncns3)ccnc2c1. The molecule has 3 heterocycles. The molecular weight excluding hydrogens is 320 g/mol. The summed E-state index contributed by atoms with van der Waals surface area (Å²) in [6.07, 6.45) is 5.11. The zero-order chi connectivity index (χ0) is 11.7. The van der Waals surface area contributed by atoms with E-state index >= 15 is 0 Å². The van der Waals surface area contributed by atoms with Crippen molar-refractivity contribution in [3.63, 3.8) is 0 Å². The maximum Gasteiger partial charge on any atom is 0.174 e. The summed E-state index contributed by atoms with van der Waals surface area (Å²) < 4.78 is 5.81. The van der Waals surface area contributed by atoms with E-state index in [0.29, 0.717) is 0 Å². The van der Waals surface area contributed by atoms with Crippen LogP contribution in [0.25, 0.3) is 11.0 Å². The Morgan fingerprint density at radius 3 is 3.00 bits per heavy atom. The summed E-state index contributed by atoms with van der Waals surface area (Å²) in [5, 5.41) is 0. The second kappa shape index (κ2) is 4.67. The Balaban J connectivity index is 2.10. The Morgan fingerprint density at radius 1 is 1.24 bits per heavy atom. The Hall–Kier alpha value is -1.05. The highest BCUT2D eigenvalue weighted by atomic mass is 79.9. The maximum absolute atomic E-state index is 4.39. The normalized spacial score (nSPS) is 10.9. The number of aromatic nitrogens is 4. The Labute approximate surface area is 114 Å². The first-order chi connectivity index (χ1) is 8.33. The van der Waals surface area contributed by atoms with Crippen LogP contribution in [0.1, 0.15) is 0 Å². The van der Waals surface area contributed by atoms with Gasteiger partial charge in [0.05, 0.1) is 5.52 Å². The monoisotopic (exact) mass is 324 g/mol. The molecule has 0 N–H and O–H groups in total. The van der Waals surface area contributed by atoms with Crippen LogP contribution in [0.15, 0.2) is 44.6 Å². The number of nitrogens with zero attached hydrogens (tertiary/aromatic N) is 4. The van der Waals surface area contributed by atoms with Crippen molar-refractivity contribution in [2.75, 3.05) is 0 Å². The van der Waals surface area contributed by atoms with E-state index in [-0.39, 0.29) is 0 Å². The molecule has 0 saturated carbocycles. The Morgan fingerprint density at radius 2 is 2.18 bits per heavy atom. The van der Waals surface area contributed by atoms with Crippen LogP contribution in [0.3, 0.4) is 0 Å². The molecule has 84 valence electrons. The number of rotatable bonds is 2. The van der Waals surface area contributed by atoms with Gasteiger partial charge in [-0.3, -0.25) is 9.97 Å². The number of hydrogen-bond acceptors (Lipinski definition) is 6. The van der Waals surface area contributed by atoms with E-state index in [1.165, 1.54) is 11.5 Å². The van der Waals surface area contributed by atoms with Crippen molar-refractivity contribution in [1.82, 2.24) is 19.3 Å². The molecular formula is C10H5BrN4S2. The molecule has 0 spiro atoms. The first-order valence-electron chi connectivity index (χ1n) is 4.68. The van der Waals surface area contributed by atoms with Crippen molar-refractivity contribution >= 4 is 50.3 Å². The second-order valence-electron chi connectivity index (χ2n) is 3.14. The van der Waals surface area contributed by atoms with Crippen LogP contribution in [0.5, 0.6) is 0 Å². The van der Waals surface area contributed by atoms with Gasteiger partial charge >= 0.3 is 0 Å². The van der Waals surface area contributed by atoms with E-state index in [1.807, 2.05) is 12.1 Å². The van der Waals surface area contributed by atoms with E-state index in [2.05, 4.69) is 35.3 Å². The highest BCUT2D eigenvalue weighted by molar-refractivity contribution is 9.10. The molecule has 0 aliphatic carbocycles. The molecule has 0 aliphatic heterocycles. The number of halogens is 1. The smallest absolute Gasteiger partial charge is 0.174 e. The van der Waals surface area contributed by atoms with Gasteiger partial charge < -0.3 is 0 Å². The van der Waals surface area contributed by atoms with Crippen molar-refractivity contribution < 1.29 is 0 Å². The Kier molecular flexibility index (Phi) is 3.04. The van der Waals surface area contributed by atoms with Gasteiger partial charge in [-0.1, -0.05) is 11.8 Å². The standard InChI is InChI=1S/C10H5BrN4S2/c11-6-3-7-9(13-4-6)8(1-2-12-7)16-10-14-5-15-17-10/h1-5H. The molecule has 3 aromatic rings. The number of pyridine rings is 2. The van der Waals surface area contributed by atoms with Gasteiger partial charge in [-0.25, -0.2) is 4.98 Å². The minimum atomic E-state index is 0.869. The van der Waals surface area contributed by atoms with Crippen LogP contribution in [0.4, 0.5) is 0 Å². The van der Waals surface area contributed by atoms with Gasteiger partial charge in [0.15, 0.2) is 4.34 Å². The van der Waals surface area contributed by atoms with Gasteiger partial charge in [-0.2, -0.15) is 4.37 Å². The fraction of sp³-hybridized carbons (Fsp3) is 0. The van der Waals surface area contributed by atoms with Gasteiger partial charge in [-0.15, -0.1) is 0 Å². The molecule has 0 saturated heterocycles. The second-order valence-corrected chi connectivity index (χ2v) is 6.12. The third kappa shape index (κ3) is 2.31. The van der Waals surface area contributed by atoms with Crippen LogP contribution >= 0.6 is 39.2 Å². The molecule has 0 aliphatic rings. The van der Waals surface area contributed by atoms with Crippen molar-refractivity contribution in [2.45, 2.75) is 9.24 Å². The van der Waals surface area contributed by atoms with E-state index in [9.17, 15) is 0 Å². The van der Waals surface area contributed by atoms with E-state index < -0.39 is 0 Å². The van der Waals surface area contributed by atoms with Crippen LogP contribution < -0.4 is 0 Å². The van der Waals surface area contributed by atoms with Crippen LogP contribution in [-0.2, 0) is 0 Å². The molecule has 3 aromatic heterocycles. The van der Waals surface area contributed by atoms with Gasteiger partial charge in [0.2, 0.25) is 0 Å². The van der Waals surface area contributed by atoms with E-state index in [4.69, 9.17) is 0 Å². The van der Waals surface area contributed by atoms with Gasteiger partial charge in [0.1, 0.15) is 11.8 Å². The van der Waals surface area contributed by atoms with Gasteiger partial charge in [0, 0.05) is 21.8 Å². The van der Waals surface area contributed by atoms with Crippen molar-refractivity contribution in [3.05, 3.63) is 35.3 Å². The summed E-state index contributed by atoms with van der Waals surface area (Å²) in [5.74, 6) is 0. The first-order valence-corrected chi connectivity index (χ1v) is 7.06. The van der Waals surface area contributed by atoms with Gasteiger partial charge in [-0.05, 0) is 39.6 Å². The summed E-state index contributed by atoms with van der Waals surface area (Å²) in [6, 6.07) is 3.89. The van der Waals surface area contributed by atoms with E-state index in [0.717, 1.165) is 24.7 Å². The zero-order valence-electron chi connectivity index (χ0n) is 8.37. The molecule has 7 heteroatoms. The first kappa shape index (κ1) is 11.1. The Bertz CT molecular complexity index is 656.